The Labute approximate surface area is 146 Å². The molecule has 1 aromatic heterocycles. The molecule has 6 heteroatoms. The summed E-state index contributed by atoms with van der Waals surface area (Å²) in [6.07, 6.45) is 3.56. The molecule has 0 aliphatic heterocycles. The number of methoxy groups -OCH3 is 1. The molecule has 0 atom stereocenters. The third-order valence-electron chi connectivity index (χ3n) is 3.98. The molecular weight excluding hydrogens is 316 g/mol. The Morgan fingerprint density at radius 2 is 2.00 bits per heavy atom. The highest BCUT2D eigenvalue weighted by Crippen LogP contribution is 2.27. The lowest BCUT2D eigenvalue weighted by molar-refractivity contribution is -0.473. The summed E-state index contributed by atoms with van der Waals surface area (Å²) in [7, 11) is 3.39. The van der Waals surface area contributed by atoms with Crippen LogP contribution in [0.25, 0.3) is 11.1 Å². The molecule has 3 rings (SSSR count). The summed E-state index contributed by atoms with van der Waals surface area (Å²) >= 11 is 0. The fourth-order valence-electron chi connectivity index (χ4n) is 2.60. The SMILES string of the molecule is COc1cc(-c2cn[nH]c2)ccc1[NH2+]C(=O)N(C)Cc1ccccc1. The summed E-state index contributed by atoms with van der Waals surface area (Å²) in [5, 5.41) is 8.34. The van der Waals surface area contributed by atoms with E-state index in [1.165, 1.54) is 0 Å². The van der Waals surface area contributed by atoms with Crippen molar-refractivity contribution in [2.24, 2.45) is 0 Å². The molecule has 6 nitrogen and oxygen atoms in total. The second-order valence-electron chi connectivity index (χ2n) is 5.77. The van der Waals surface area contributed by atoms with E-state index in [-0.39, 0.29) is 6.03 Å². The number of hydrogen-bond donors (Lipinski definition) is 2. The number of benzene rings is 2. The maximum atomic E-state index is 12.5. The number of primary amides is 1. The maximum absolute atomic E-state index is 12.5. The minimum absolute atomic E-state index is 0.0711. The van der Waals surface area contributed by atoms with Gasteiger partial charge in [0.15, 0.2) is 11.4 Å². The van der Waals surface area contributed by atoms with Crippen LogP contribution in [-0.2, 0) is 6.54 Å². The molecule has 3 N–H and O–H groups in total. The van der Waals surface area contributed by atoms with E-state index in [1.807, 2.05) is 54.7 Å². The van der Waals surface area contributed by atoms with Gasteiger partial charge < -0.3 is 4.74 Å². The Hall–Kier alpha value is -3.12. The van der Waals surface area contributed by atoms with E-state index in [0.29, 0.717) is 12.3 Å². The smallest absolute Gasteiger partial charge is 0.421 e. The van der Waals surface area contributed by atoms with Gasteiger partial charge in [-0.2, -0.15) is 5.10 Å². The number of H-pyrrole nitrogens is 1. The molecule has 0 fully saturated rings. The van der Waals surface area contributed by atoms with Crippen molar-refractivity contribution in [2.45, 2.75) is 6.54 Å². The Bertz CT molecular complexity index is 832. The van der Waals surface area contributed by atoms with Crippen LogP contribution in [-0.4, -0.2) is 35.3 Å². The van der Waals surface area contributed by atoms with Crippen LogP contribution in [0.2, 0.25) is 0 Å². The Kier molecular flexibility index (Phi) is 5.11. The van der Waals surface area contributed by atoms with Crippen molar-refractivity contribution >= 4 is 11.7 Å². The number of aromatic amines is 1. The number of hydrogen-bond acceptors (Lipinski definition) is 3. The van der Waals surface area contributed by atoms with E-state index >= 15 is 0 Å². The topological polar surface area (TPSA) is 74.8 Å². The van der Waals surface area contributed by atoms with Gasteiger partial charge in [0, 0.05) is 24.9 Å². The number of urea groups is 1. The molecule has 2 aromatic carbocycles. The van der Waals surface area contributed by atoms with Gasteiger partial charge in [-0.25, -0.2) is 10.1 Å². The molecule has 0 unspecified atom stereocenters. The zero-order valence-corrected chi connectivity index (χ0v) is 14.3. The summed E-state index contributed by atoms with van der Waals surface area (Å²) in [6.45, 7) is 0.561. The number of carbonyl (C=O) groups is 1. The lowest BCUT2D eigenvalue weighted by Crippen LogP contribution is -2.85. The van der Waals surface area contributed by atoms with Crippen LogP contribution in [0.15, 0.2) is 60.9 Å². The molecule has 0 aliphatic rings. The number of aromatic nitrogens is 2. The van der Waals surface area contributed by atoms with Gasteiger partial charge in [0.25, 0.3) is 0 Å². The third kappa shape index (κ3) is 4.05. The number of nitrogens with zero attached hydrogens (tertiary/aromatic N) is 2. The number of rotatable bonds is 5. The van der Waals surface area contributed by atoms with E-state index in [0.717, 1.165) is 22.4 Å². The van der Waals surface area contributed by atoms with Gasteiger partial charge in [-0.15, -0.1) is 0 Å². The molecule has 25 heavy (non-hydrogen) atoms. The predicted octanol–water partition coefficient (Wildman–Crippen LogP) is 2.53. The second-order valence-corrected chi connectivity index (χ2v) is 5.77. The van der Waals surface area contributed by atoms with Crippen molar-refractivity contribution in [2.75, 3.05) is 14.2 Å². The second kappa shape index (κ2) is 7.63. The number of nitrogens with one attached hydrogen (secondary N) is 1. The first kappa shape index (κ1) is 16.7. The molecule has 0 aliphatic carbocycles. The van der Waals surface area contributed by atoms with Gasteiger partial charge >= 0.3 is 6.03 Å². The molecule has 2 amide bonds. The minimum Gasteiger partial charge on any atom is -0.491 e. The van der Waals surface area contributed by atoms with Crippen LogP contribution in [0.5, 0.6) is 5.75 Å². The molecule has 0 saturated heterocycles. The van der Waals surface area contributed by atoms with Crippen LogP contribution in [0, 0.1) is 0 Å². The summed E-state index contributed by atoms with van der Waals surface area (Å²) in [6, 6.07) is 15.6. The summed E-state index contributed by atoms with van der Waals surface area (Å²) in [5.41, 5.74) is 3.79. The molecule has 0 spiro atoms. The summed E-state index contributed by atoms with van der Waals surface area (Å²) < 4.78 is 5.45. The Morgan fingerprint density at radius 1 is 1.20 bits per heavy atom. The molecule has 0 radical (unpaired) electrons. The average Bonchev–Trinajstić information content (AvgIpc) is 3.17. The highest BCUT2D eigenvalue weighted by molar-refractivity contribution is 5.71. The number of ether oxygens (including phenoxy) is 1. The van der Waals surface area contributed by atoms with Crippen LogP contribution in [0.4, 0.5) is 10.5 Å². The van der Waals surface area contributed by atoms with Gasteiger partial charge in [0.05, 0.1) is 19.9 Å². The van der Waals surface area contributed by atoms with E-state index in [2.05, 4.69) is 10.2 Å². The summed E-state index contributed by atoms with van der Waals surface area (Å²) in [4.78, 5) is 14.2. The van der Waals surface area contributed by atoms with Crippen LogP contribution in [0.3, 0.4) is 0 Å². The van der Waals surface area contributed by atoms with Crippen LogP contribution < -0.4 is 10.1 Å². The van der Waals surface area contributed by atoms with E-state index < -0.39 is 0 Å². The fraction of sp³-hybridized carbons (Fsp3) is 0.158. The minimum atomic E-state index is -0.0711. The van der Waals surface area contributed by atoms with Crippen molar-refractivity contribution in [3.8, 4) is 16.9 Å². The number of quaternary nitrogens is 1. The predicted molar refractivity (Wildman–Crippen MR) is 95.5 cm³/mol. The van der Waals surface area contributed by atoms with Crippen molar-refractivity contribution in [1.82, 2.24) is 15.1 Å². The van der Waals surface area contributed by atoms with Crippen molar-refractivity contribution in [3.63, 3.8) is 0 Å². The normalized spacial score (nSPS) is 10.5. The Balaban J connectivity index is 1.72. The molecular formula is C19H21N4O2+. The van der Waals surface area contributed by atoms with Gasteiger partial charge in [-0.3, -0.25) is 10.00 Å². The zero-order valence-electron chi connectivity index (χ0n) is 14.3. The first-order valence-corrected chi connectivity index (χ1v) is 7.98. The van der Waals surface area contributed by atoms with Crippen LogP contribution in [0.1, 0.15) is 5.56 Å². The fourth-order valence-corrected chi connectivity index (χ4v) is 2.60. The van der Waals surface area contributed by atoms with Crippen LogP contribution >= 0.6 is 0 Å². The molecule has 1 heterocycles. The first-order chi connectivity index (χ1) is 12.2. The van der Waals surface area contributed by atoms with E-state index in [9.17, 15) is 4.79 Å². The highest BCUT2D eigenvalue weighted by atomic mass is 16.5. The number of amides is 2. The number of carbonyl (C=O) groups excluding carboxylic acids is 1. The van der Waals surface area contributed by atoms with Crippen molar-refractivity contribution in [1.29, 1.82) is 0 Å². The monoisotopic (exact) mass is 337 g/mol. The van der Waals surface area contributed by atoms with Gasteiger partial charge in [0.2, 0.25) is 0 Å². The third-order valence-corrected chi connectivity index (χ3v) is 3.98. The van der Waals surface area contributed by atoms with Crippen molar-refractivity contribution < 1.29 is 14.8 Å². The lowest BCUT2D eigenvalue weighted by atomic mass is 10.1. The lowest BCUT2D eigenvalue weighted by Gasteiger charge is -2.15. The molecule has 128 valence electrons. The van der Waals surface area contributed by atoms with E-state index in [1.54, 1.807) is 30.6 Å². The largest absolute Gasteiger partial charge is 0.491 e. The van der Waals surface area contributed by atoms with E-state index in [4.69, 9.17) is 4.74 Å². The molecule has 0 bridgehead atoms. The first-order valence-electron chi connectivity index (χ1n) is 7.98. The molecule has 3 aromatic rings. The number of nitrogens with two attached hydrogens (primary N) is 1. The van der Waals surface area contributed by atoms with Gasteiger partial charge in [-0.05, 0) is 23.3 Å². The maximum Gasteiger partial charge on any atom is 0.421 e. The average molecular weight is 337 g/mol. The van der Waals surface area contributed by atoms with Crippen molar-refractivity contribution in [3.05, 3.63) is 66.5 Å². The zero-order chi connectivity index (χ0) is 17.6. The highest BCUT2D eigenvalue weighted by Gasteiger charge is 2.18. The Morgan fingerprint density at radius 3 is 2.68 bits per heavy atom. The summed E-state index contributed by atoms with van der Waals surface area (Å²) in [5.74, 6) is 0.653. The molecule has 0 saturated carbocycles. The van der Waals surface area contributed by atoms with Gasteiger partial charge in [-0.1, -0.05) is 30.3 Å². The van der Waals surface area contributed by atoms with Gasteiger partial charge in [0.1, 0.15) is 0 Å². The standard InChI is InChI=1S/C19H20N4O2/c1-23(13-14-6-4-3-5-7-14)19(24)22-17-9-8-15(10-18(17)25-2)16-11-20-21-12-16/h3-12H,13H2,1-2H3,(H,20,21)(H,22,24)/p+1. The quantitative estimate of drug-likeness (QED) is 0.703.